The lowest BCUT2D eigenvalue weighted by Gasteiger charge is -2.28. The zero-order valence-corrected chi connectivity index (χ0v) is 11.6. The van der Waals surface area contributed by atoms with Crippen molar-refractivity contribution in [1.29, 1.82) is 0 Å². The Morgan fingerprint density at radius 2 is 2.22 bits per heavy atom. The number of nitrogens with one attached hydrogen (secondary N) is 2. The number of carbonyl (C=O) groups excluding carboxylic acids is 1. The fourth-order valence-electron chi connectivity index (χ4n) is 2.57. The molecule has 0 aliphatic carbocycles. The quantitative estimate of drug-likeness (QED) is 0.829. The summed E-state index contributed by atoms with van der Waals surface area (Å²) < 4.78 is 1.80. The van der Waals surface area contributed by atoms with Gasteiger partial charge in [0, 0.05) is 13.0 Å². The number of anilines is 1. The van der Waals surface area contributed by atoms with Gasteiger partial charge in [-0.25, -0.2) is 0 Å². The number of hydrogen-bond donors (Lipinski definition) is 2. The van der Waals surface area contributed by atoms with E-state index in [9.17, 15) is 4.79 Å². The lowest BCUT2D eigenvalue weighted by molar-refractivity contribution is -0.122. The molecule has 100 valence electrons. The van der Waals surface area contributed by atoms with E-state index in [1.165, 1.54) is 0 Å². The Labute approximate surface area is 108 Å². The summed E-state index contributed by atoms with van der Waals surface area (Å²) in [6, 6.07) is 0. The molecule has 1 aromatic heterocycles. The predicted octanol–water partition coefficient (Wildman–Crippen LogP) is 1.22. The highest BCUT2D eigenvalue weighted by atomic mass is 16.1. The highest BCUT2D eigenvalue weighted by molar-refractivity contribution is 5.93. The molecule has 2 unspecified atom stereocenters. The molecule has 1 aromatic rings. The van der Waals surface area contributed by atoms with Gasteiger partial charge in [-0.2, -0.15) is 5.10 Å². The summed E-state index contributed by atoms with van der Waals surface area (Å²) in [5, 5.41) is 10.7. The van der Waals surface area contributed by atoms with Crippen LogP contribution >= 0.6 is 0 Å². The van der Waals surface area contributed by atoms with Crippen molar-refractivity contribution >= 4 is 11.6 Å². The molecule has 0 aromatic carbocycles. The number of piperidine rings is 1. The van der Waals surface area contributed by atoms with Crippen LogP contribution in [0.1, 0.15) is 24.7 Å². The van der Waals surface area contributed by atoms with Crippen LogP contribution in [0.2, 0.25) is 0 Å². The first-order valence-electron chi connectivity index (χ1n) is 6.52. The van der Waals surface area contributed by atoms with Gasteiger partial charge in [-0.1, -0.05) is 6.92 Å². The van der Waals surface area contributed by atoms with Gasteiger partial charge in [-0.15, -0.1) is 0 Å². The van der Waals surface area contributed by atoms with Gasteiger partial charge in [0.25, 0.3) is 0 Å². The van der Waals surface area contributed by atoms with E-state index in [0.29, 0.717) is 5.92 Å². The molecule has 1 saturated heterocycles. The normalized spacial score (nSPS) is 24.0. The topological polar surface area (TPSA) is 59.0 Å². The Morgan fingerprint density at radius 1 is 1.50 bits per heavy atom. The van der Waals surface area contributed by atoms with Crippen molar-refractivity contribution in [3.8, 4) is 0 Å². The lowest BCUT2D eigenvalue weighted by Crippen LogP contribution is -2.41. The van der Waals surface area contributed by atoms with Crippen LogP contribution in [0.5, 0.6) is 0 Å². The third kappa shape index (κ3) is 2.41. The first kappa shape index (κ1) is 13.1. The summed E-state index contributed by atoms with van der Waals surface area (Å²) in [5.74, 6) is 0.615. The van der Waals surface area contributed by atoms with Gasteiger partial charge >= 0.3 is 0 Å². The molecule has 2 heterocycles. The van der Waals surface area contributed by atoms with E-state index in [1.54, 1.807) is 4.68 Å². The Balaban J connectivity index is 2.11. The van der Waals surface area contributed by atoms with Crippen LogP contribution in [0.25, 0.3) is 0 Å². The summed E-state index contributed by atoms with van der Waals surface area (Å²) in [6.07, 6.45) is 0.908. The Kier molecular flexibility index (Phi) is 3.71. The molecule has 0 saturated carbocycles. The van der Waals surface area contributed by atoms with Crippen LogP contribution in [0.15, 0.2) is 0 Å². The first-order chi connectivity index (χ1) is 8.50. The van der Waals surface area contributed by atoms with E-state index in [0.717, 1.165) is 36.6 Å². The van der Waals surface area contributed by atoms with E-state index in [1.807, 2.05) is 20.9 Å². The molecule has 0 spiro atoms. The van der Waals surface area contributed by atoms with Crippen molar-refractivity contribution in [2.45, 2.75) is 27.2 Å². The minimum Gasteiger partial charge on any atom is -0.323 e. The minimum atomic E-state index is 0.102. The number of amides is 1. The molecular weight excluding hydrogens is 228 g/mol. The highest BCUT2D eigenvalue weighted by Gasteiger charge is 2.28. The number of aryl methyl sites for hydroxylation is 2. The van der Waals surface area contributed by atoms with Crippen LogP contribution in [0, 0.1) is 25.7 Å². The van der Waals surface area contributed by atoms with Crippen LogP contribution in [-0.2, 0) is 11.8 Å². The van der Waals surface area contributed by atoms with Crippen molar-refractivity contribution in [2.75, 3.05) is 18.4 Å². The fourth-order valence-corrected chi connectivity index (χ4v) is 2.57. The zero-order chi connectivity index (χ0) is 13.3. The van der Waals surface area contributed by atoms with Gasteiger partial charge in [-0.3, -0.25) is 9.48 Å². The summed E-state index contributed by atoms with van der Waals surface area (Å²) in [7, 11) is 1.89. The Hall–Kier alpha value is -1.36. The summed E-state index contributed by atoms with van der Waals surface area (Å²) >= 11 is 0. The average Bonchev–Trinajstić information content (AvgIpc) is 2.56. The second-order valence-electron chi connectivity index (χ2n) is 5.24. The molecule has 1 fully saturated rings. The van der Waals surface area contributed by atoms with E-state index < -0.39 is 0 Å². The highest BCUT2D eigenvalue weighted by Crippen LogP contribution is 2.23. The van der Waals surface area contributed by atoms with Gasteiger partial charge in [0.1, 0.15) is 0 Å². The Morgan fingerprint density at radius 3 is 2.78 bits per heavy atom. The predicted molar refractivity (Wildman–Crippen MR) is 71.5 cm³/mol. The Bertz CT molecular complexity index is 452. The molecule has 2 atom stereocenters. The molecule has 2 N–H and O–H groups in total. The van der Waals surface area contributed by atoms with Crippen molar-refractivity contribution in [3.63, 3.8) is 0 Å². The van der Waals surface area contributed by atoms with Gasteiger partial charge in [0.2, 0.25) is 5.91 Å². The second-order valence-corrected chi connectivity index (χ2v) is 5.24. The molecule has 2 rings (SSSR count). The maximum Gasteiger partial charge on any atom is 0.227 e. The number of carbonyl (C=O) groups is 1. The minimum absolute atomic E-state index is 0.102. The monoisotopic (exact) mass is 250 g/mol. The van der Waals surface area contributed by atoms with E-state index in [4.69, 9.17) is 0 Å². The third-order valence-electron chi connectivity index (χ3n) is 3.88. The number of rotatable bonds is 2. The van der Waals surface area contributed by atoms with Crippen LogP contribution in [0.3, 0.4) is 0 Å². The SMILES string of the molecule is Cc1nn(C)c(C)c1NC(=O)C1CCNCC1C. The third-order valence-corrected chi connectivity index (χ3v) is 3.88. The lowest BCUT2D eigenvalue weighted by atomic mass is 9.87. The summed E-state index contributed by atoms with van der Waals surface area (Å²) in [4.78, 5) is 12.3. The number of hydrogen-bond acceptors (Lipinski definition) is 3. The van der Waals surface area contributed by atoms with Crippen molar-refractivity contribution in [2.24, 2.45) is 18.9 Å². The largest absolute Gasteiger partial charge is 0.323 e. The molecule has 0 bridgehead atoms. The van der Waals surface area contributed by atoms with Gasteiger partial charge in [-0.05, 0) is 39.3 Å². The number of nitrogens with zero attached hydrogens (tertiary/aromatic N) is 2. The smallest absolute Gasteiger partial charge is 0.227 e. The molecule has 18 heavy (non-hydrogen) atoms. The average molecular weight is 250 g/mol. The van der Waals surface area contributed by atoms with E-state index >= 15 is 0 Å². The molecule has 5 heteroatoms. The van der Waals surface area contributed by atoms with Crippen molar-refractivity contribution < 1.29 is 4.79 Å². The van der Waals surface area contributed by atoms with Crippen LogP contribution in [-0.4, -0.2) is 28.8 Å². The zero-order valence-electron chi connectivity index (χ0n) is 11.6. The van der Waals surface area contributed by atoms with Gasteiger partial charge in [0.15, 0.2) is 0 Å². The summed E-state index contributed by atoms with van der Waals surface area (Å²) in [5.41, 5.74) is 2.75. The molecule has 1 aliphatic rings. The molecule has 1 amide bonds. The second kappa shape index (κ2) is 5.10. The maximum atomic E-state index is 12.3. The molecule has 1 aliphatic heterocycles. The maximum absolute atomic E-state index is 12.3. The number of aromatic nitrogens is 2. The van der Waals surface area contributed by atoms with Crippen LogP contribution < -0.4 is 10.6 Å². The summed E-state index contributed by atoms with van der Waals surface area (Å²) in [6.45, 7) is 7.87. The molecular formula is C13H22N4O. The van der Waals surface area contributed by atoms with Gasteiger partial charge in [0.05, 0.1) is 17.1 Å². The fraction of sp³-hybridized carbons (Fsp3) is 0.692. The van der Waals surface area contributed by atoms with Gasteiger partial charge < -0.3 is 10.6 Å². The standard InChI is InChI=1S/C13H22N4O/c1-8-7-14-6-5-11(8)13(18)15-12-9(2)16-17(4)10(12)3/h8,11,14H,5-7H2,1-4H3,(H,15,18). The molecule has 5 nitrogen and oxygen atoms in total. The van der Waals surface area contributed by atoms with Crippen LogP contribution in [0.4, 0.5) is 5.69 Å². The van der Waals surface area contributed by atoms with Crippen molar-refractivity contribution in [3.05, 3.63) is 11.4 Å². The molecule has 0 radical (unpaired) electrons. The van der Waals surface area contributed by atoms with Crippen molar-refractivity contribution in [1.82, 2.24) is 15.1 Å². The van der Waals surface area contributed by atoms with E-state index in [2.05, 4.69) is 22.7 Å². The van der Waals surface area contributed by atoms with E-state index in [-0.39, 0.29) is 11.8 Å². The first-order valence-corrected chi connectivity index (χ1v) is 6.52.